The number of nitrogens with one attached hydrogen (secondary N) is 1. The van der Waals surface area contributed by atoms with Crippen molar-refractivity contribution < 1.29 is 23.8 Å². The van der Waals surface area contributed by atoms with Gasteiger partial charge in [-0.3, -0.25) is 9.36 Å². The molecule has 0 radical (unpaired) electrons. The van der Waals surface area contributed by atoms with Crippen molar-refractivity contribution in [2.24, 2.45) is 0 Å². The molecule has 1 heterocycles. The third-order valence-electron chi connectivity index (χ3n) is 5.35. The Hall–Kier alpha value is -4.51. The predicted molar refractivity (Wildman–Crippen MR) is 133 cm³/mol. The van der Waals surface area contributed by atoms with Gasteiger partial charge in [0, 0.05) is 11.4 Å². The normalized spacial score (nSPS) is 10.6. The van der Waals surface area contributed by atoms with E-state index >= 15 is 0 Å². The van der Waals surface area contributed by atoms with Crippen molar-refractivity contribution >= 4 is 23.8 Å². The smallest absolute Gasteiger partial charge is 0.344 e. The van der Waals surface area contributed by atoms with E-state index in [9.17, 15) is 14.9 Å². The standard InChI is InChI=1S/C27H27N3O5/c1-5-9-20-12-13-23(24(14-20)33-4)34-17-26(32)35-16-25(31)29-27-22(15-28)18(2)19(3)30(27)21-10-7-6-8-11-21/h5-14H,16-17H2,1-4H3,(H,29,31)/b9-5+. The van der Waals surface area contributed by atoms with Crippen LogP contribution in [0.1, 0.15) is 29.3 Å². The highest BCUT2D eigenvalue weighted by molar-refractivity contribution is 5.94. The van der Waals surface area contributed by atoms with Crippen LogP contribution in [0.4, 0.5) is 5.82 Å². The van der Waals surface area contributed by atoms with Crippen molar-refractivity contribution in [3.63, 3.8) is 0 Å². The van der Waals surface area contributed by atoms with Gasteiger partial charge in [-0.1, -0.05) is 36.4 Å². The zero-order valence-corrected chi connectivity index (χ0v) is 20.1. The molecule has 2 aromatic carbocycles. The molecule has 35 heavy (non-hydrogen) atoms. The van der Waals surface area contributed by atoms with Crippen LogP contribution in [0.5, 0.6) is 11.5 Å². The van der Waals surface area contributed by atoms with E-state index in [0.717, 1.165) is 22.5 Å². The number of amides is 1. The fourth-order valence-corrected chi connectivity index (χ4v) is 3.55. The Bertz CT molecular complexity index is 1290. The third-order valence-corrected chi connectivity index (χ3v) is 5.35. The van der Waals surface area contributed by atoms with Crippen molar-refractivity contribution in [3.8, 4) is 23.3 Å². The van der Waals surface area contributed by atoms with Crippen LogP contribution in [-0.4, -0.2) is 36.8 Å². The molecule has 0 atom stereocenters. The molecule has 180 valence electrons. The second-order valence-corrected chi connectivity index (χ2v) is 7.62. The molecule has 3 rings (SSSR count). The molecule has 0 spiro atoms. The topological polar surface area (TPSA) is 103 Å². The van der Waals surface area contributed by atoms with Crippen molar-refractivity contribution in [3.05, 3.63) is 77.0 Å². The number of hydrogen-bond donors (Lipinski definition) is 1. The fraction of sp³-hybridized carbons (Fsp3) is 0.222. The first-order chi connectivity index (χ1) is 16.9. The number of allylic oxidation sites excluding steroid dienone is 1. The molecule has 1 aromatic heterocycles. The number of hydrogen-bond acceptors (Lipinski definition) is 6. The largest absolute Gasteiger partial charge is 0.493 e. The van der Waals surface area contributed by atoms with Crippen LogP contribution in [-0.2, 0) is 14.3 Å². The predicted octanol–water partition coefficient (Wildman–Crippen LogP) is 4.57. The second kappa shape index (κ2) is 11.6. The molecule has 0 aliphatic rings. The van der Waals surface area contributed by atoms with Gasteiger partial charge in [-0.25, -0.2) is 4.79 Å². The molecule has 8 heteroatoms. The summed E-state index contributed by atoms with van der Waals surface area (Å²) in [5.41, 5.74) is 3.65. The number of nitrogens with zero attached hydrogens (tertiary/aromatic N) is 2. The molecular formula is C27H27N3O5. The number of ether oxygens (including phenoxy) is 3. The van der Waals surface area contributed by atoms with Crippen molar-refractivity contribution in [2.75, 3.05) is 25.6 Å². The summed E-state index contributed by atoms with van der Waals surface area (Å²) in [5, 5.41) is 12.4. The van der Waals surface area contributed by atoms with Crippen LogP contribution in [0, 0.1) is 25.2 Å². The summed E-state index contributed by atoms with van der Waals surface area (Å²) in [6, 6.07) is 16.8. The first-order valence-electron chi connectivity index (χ1n) is 11.0. The number of methoxy groups -OCH3 is 1. The van der Waals surface area contributed by atoms with E-state index in [4.69, 9.17) is 14.2 Å². The minimum absolute atomic E-state index is 0.331. The number of benzene rings is 2. The van der Waals surface area contributed by atoms with E-state index in [1.165, 1.54) is 7.11 Å². The molecule has 3 aromatic rings. The Morgan fingerprint density at radius 1 is 1.09 bits per heavy atom. The van der Waals surface area contributed by atoms with Gasteiger partial charge in [0.1, 0.15) is 11.9 Å². The number of anilines is 1. The van der Waals surface area contributed by atoms with E-state index in [2.05, 4.69) is 11.4 Å². The summed E-state index contributed by atoms with van der Waals surface area (Å²) < 4.78 is 17.7. The Kier molecular flexibility index (Phi) is 8.30. The van der Waals surface area contributed by atoms with Crippen molar-refractivity contribution in [1.82, 2.24) is 4.57 Å². The average Bonchev–Trinajstić information content (AvgIpc) is 3.10. The maximum atomic E-state index is 12.6. The van der Waals surface area contributed by atoms with Gasteiger partial charge in [0.25, 0.3) is 5.91 Å². The zero-order valence-electron chi connectivity index (χ0n) is 20.1. The molecule has 1 amide bonds. The average molecular weight is 474 g/mol. The van der Waals surface area contributed by atoms with Gasteiger partial charge in [-0.2, -0.15) is 5.26 Å². The Labute approximate surface area is 204 Å². The summed E-state index contributed by atoms with van der Waals surface area (Å²) in [6.07, 6.45) is 3.81. The van der Waals surface area contributed by atoms with Gasteiger partial charge in [0.05, 0.1) is 12.7 Å². The molecule has 0 fully saturated rings. The monoisotopic (exact) mass is 473 g/mol. The Morgan fingerprint density at radius 3 is 2.49 bits per heavy atom. The number of nitriles is 1. The minimum atomic E-state index is -0.717. The van der Waals surface area contributed by atoms with Crippen LogP contribution in [0.3, 0.4) is 0 Å². The first-order valence-corrected chi connectivity index (χ1v) is 11.0. The van der Waals surface area contributed by atoms with Gasteiger partial charge >= 0.3 is 5.97 Å². The number of carbonyl (C=O) groups is 2. The van der Waals surface area contributed by atoms with E-state index in [1.807, 2.05) is 69.3 Å². The van der Waals surface area contributed by atoms with Gasteiger partial charge in [0.2, 0.25) is 0 Å². The van der Waals surface area contributed by atoms with Gasteiger partial charge in [0.15, 0.2) is 24.7 Å². The maximum Gasteiger partial charge on any atom is 0.344 e. The van der Waals surface area contributed by atoms with E-state index < -0.39 is 25.1 Å². The molecule has 0 unspecified atom stereocenters. The highest BCUT2D eigenvalue weighted by Gasteiger charge is 2.21. The SMILES string of the molecule is C/C=C/c1ccc(OCC(=O)OCC(=O)Nc2c(C#N)c(C)c(C)n2-c2ccccc2)c(OC)c1. The second-order valence-electron chi connectivity index (χ2n) is 7.62. The first kappa shape index (κ1) is 25.1. The number of esters is 1. The minimum Gasteiger partial charge on any atom is -0.493 e. The highest BCUT2D eigenvalue weighted by atomic mass is 16.6. The highest BCUT2D eigenvalue weighted by Crippen LogP contribution is 2.30. The molecule has 8 nitrogen and oxygen atoms in total. The van der Waals surface area contributed by atoms with Crippen molar-refractivity contribution in [2.45, 2.75) is 20.8 Å². The van der Waals surface area contributed by atoms with Crippen LogP contribution < -0.4 is 14.8 Å². The lowest BCUT2D eigenvalue weighted by Crippen LogP contribution is -2.25. The Balaban J connectivity index is 1.64. The number of para-hydroxylation sites is 1. The lowest BCUT2D eigenvalue weighted by atomic mass is 10.2. The summed E-state index contributed by atoms with van der Waals surface area (Å²) in [6.45, 7) is 4.68. The quantitative estimate of drug-likeness (QED) is 0.457. The molecule has 0 bridgehead atoms. The number of carbonyl (C=O) groups excluding carboxylic acids is 2. The lowest BCUT2D eigenvalue weighted by molar-refractivity contribution is -0.149. The number of aromatic nitrogens is 1. The lowest BCUT2D eigenvalue weighted by Gasteiger charge is -2.13. The molecule has 0 aliphatic heterocycles. The number of rotatable bonds is 9. The van der Waals surface area contributed by atoms with Crippen molar-refractivity contribution in [1.29, 1.82) is 5.26 Å². The molecular weight excluding hydrogens is 446 g/mol. The summed E-state index contributed by atoms with van der Waals surface area (Å²) in [7, 11) is 1.51. The molecule has 0 saturated heterocycles. The third kappa shape index (κ3) is 5.89. The Morgan fingerprint density at radius 2 is 1.83 bits per heavy atom. The summed E-state index contributed by atoms with van der Waals surface area (Å²) >= 11 is 0. The van der Waals surface area contributed by atoms with E-state index in [0.29, 0.717) is 22.9 Å². The van der Waals surface area contributed by atoms with Crippen LogP contribution in [0.25, 0.3) is 11.8 Å². The summed E-state index contributed by atoms with van der Waals surface area (Å²) in [5.74, 6) is -0.101. The zero-order chi connectivity index (χ0) is 25.4. The van der Waals surface area contributed by atoms with Crippen LogP contribution in [0.2, 0.25) is 0 Å². The molecule has 0 aliphatic carbocycles. The van der Waals surface area contributed by atoms with Gasteiger partial charge in [-0.15, -0.1) is 0 Å². The van der Waals surface area contributed by atoms with Gasteiger partial charge < -0.3 is 19.5 Å². The van der Waals surface area contributed by atoms with Crippen LogP contribution in [0.15, 0.2) is 54.6 Å². The molecule has 1 N–H and O–H groups in total. The van der Waals surface area contributed by atoms with E-state index in [-0.39, 0.29) is 0 Å². The van der Waals surface area contributed by atoms with Gasteiger partial charge in [-0.05, 0) is 56.2 Å². The summed E-state index contributed by atoms with van der Waals surface area (Å²) in [4.78, 5) is 24.8. The van der Waals surface area contributed by atoms with Crippen LogP contribution >= 0.6 is 0 Å². The maximum absolute atomic E-state index is 12.6. The fourth-order valence-electron chi connectivity index (χ4n) is 3.55. The molecule has 0 saturated carbocycles. The van der Waals surface area contributed by atoms with E-state index in [1.54, 1.807) is 16.7 Å².